The number of hydrogen-bond acceptors (Lipinski definition) is 5. The molecule has 0 aliphatic heterocycles. The number of rotatable bonds is 7. The summed E-state index contributed by atoms with van der Waals surface area (Å²) in [5, 5.41) is 13.6. The van der Waals surface area contributed by atoms with Gasteiger partial charge in [0.1, 0.15) is 5.82 Å². The van der Waals surface area contributed by atoms with E-state index in [1.807, 2.05) is 0 Å². The van der Waals surface area contributed by atoms with Crippen molar-refractivity contribution in [2.24, 2.45) is 0 Å². The minimum atomic E-state index is -3.96. The summed E-state index contributed by atoms with van der Waals surface area (Å²) in [6.45, 7) is 2.00. The highest BCUT2D eigenvalue weighted by Gasteiger charge is 2.22. The first-order valence-electron chi connectivity index (χ1n) is 5.88. The second-order valence-electron chi connectivity index (χ2n) is 4.16. The number of nitro benzene ring substituents is 1. The fourth-order valence-corrected chi connectivity index (χ4v) is 2.65. The number of hydrogen-bond donors (Lipinski definition) is 2. The summed E-state index contributed by atoms with van der Waals surface area (Å²) >= 11 is 0. The van der Waals surface area contributed by atoms with Crippen molar-refractivity contribution < 1.29 is 17.7 Å². The molecular formula is C11H17ClFN3O4S. The van der Waals surface area contributed by atoms with Crippen LogP contribution in [0.15, 0.2) is 17.0 Å². The summed E-state index contributed by atoms with van der Waals surface area (Å²) in [5.41, 5.74) is -0.746. The molecule has 1 aromatic rings. The van der Waals surface area contributed by atoms with E-state index in [1.54, 1.807) is 7.05 Å². The highest BCUT2D eigenvalue weighted by molar-refractivity contribution is 7.89. The zero-order valence-corrected chi connectivity index (χ0v) is 13.2. The summed E-state index contributed by atoms with van der Waals surface area (Å²) < 4.78 is 39.7. The Hall–Kier alpha value is -1.29. The number of halogens is 2. The van der Waals surface area contributed by atoms with Crippen LogP contribution in [0.3, 0.4) is 0 Å². The highest BCUT2D eigenvalue weighted by atomic mass is 35.5. The Bertz CT molecular complexity index is 610. The van der Waals surface area contributed by atoms with Gasteiger partial charge in [-0.15, -0.1) is 12.4 Å². The van der Waals surface area contributed by atoms with Crippen molar-refractivity contribution in [2.45, 2.75) is 18.2 Å². The largest absolute Gasteiger partial charge is 0.320 e. The maximum absolute atomic E-state index is 13.6. The van der Waals surface area contributed by atoms with Gasteiger partial charge < -0.3 is 5.32 Å². The van der Waals surface area contributed by atoms with Crippen molar-refractivity contribution >= 4 is 28.1 Å². The third-order valence-electron chi connectivity index (χ3n) is 2.69. The first-order chi connectivity index (χ1) is 9.29. The van der Waals surface area contributed by atoms with Gasteiger partial charge in [0.2, 0.25) is 10.0 Å². The van der Waals surface area contributed by atoms with E-state index in [-0.39, 0.29) is 24.5 Å². The molecule has 0 bridgehead atoms. The van der Waals surface area contributed by atoms with Gasteiger partial charge in [0.05, 0.1) is 15.4 Å². The Balaban J connectivity index is 0.00000400. The van der Waals surface area contributed by atoms with Gasteiger partial charge in [-0.3, -0.25) is 10.1 Å². The molecule has 1 aromatic carbocycles. The van der Waals surface area contributed by atoms with E-state index in [0.717, 1.165) is 12.1 Å². The van der Waals surface area contributed by atoms with Crippen LogP contribution in [0.4, 0.5) is 10.1 Å². The smallest absolute Gasteiger partial charge is 0.276 e. The fraction of sp³-hybridized carbons (Fsp3) is 0.455. The first-order valence-corrected chi connectivity index (χ1v) is 7.36. The second kappa shape index (κ2) is 8.23. The van der Waals surface area contributed by atoms with Crippen LogP contribution in [-0.2, 0) is 10.0 Å². The van der Waals surface area contributed by atoms with Crippen molar-refractivity contribution in [3.8, 4) is 0 Å². The summed E-state index contributed by atoms with van der Waals surface area (Å²) in [6, 6.07) is 1.64. The maximum atomic E-state index is 13.6. The van der Waals surface area contributed by atoms with E-state index < -0.39 is 31.3 Å². The second-order valence-corrected chi connectivity index (χ2v) is 5.93. The highest BCUT2D eigenvalue weighted by Crippen LogP contribution is 2.25. The van der Waals surface area contributed by atoms with Gasteiger partial charge in [0.25, 0.3) is 5.69 Å². The molecule has 0 fully saturated rings. The molecule has 0 spiro atoms. The van der Waals surface area contributed by atoms with E-state index in [9.17, 15) is 22.9 Å². The van der Waals surface area contributed by atoms with E-state index in [2.05, 4.69) is 10.0 Å². The predicted molar refractivity (Wildman–Crippen MR) is 78.8 cm³/mol. The average molecular weight is 342 g/mol. The average Bonchev–Trinajstić information content (AvgIpc) is 2.37. The summed E-state index contributed by atoms with van der Waals surface area (Å²) in [7, 11) is -2.23. The Labute approximate surface area is 128 Å². The number of benzene rings is 1. The van der Waals surface area contributed by atoms with Gasteiger partial charge in [-0.25, -0.2) is 17.5 Å². The molecule has 0 atom stereocenters. The molecular weight excluding hydrogens is 325 g/mol. The molecule has 120 valence electrons. The zero-order chi connectivity index (χ0) is 15.3. The molecule has 0 heterocycles. The zero-order valence-electron chi connectivity index (χ0n) is 11.6. The lowest BCUT2D eigenvalue weighted by molar-refractivity contribution is -0.385. The van der Waals surface area contributed by atoms with Crippen LogP contribution in [-0.4, -0.2) is 33.5 Å². The SMILES string of the molecule is CNCCCNS(=O)(=O)c1cc(F)c(C)c([N+](=O)[O-])c1.Cl. The van der Waals surface area contributed by atoms with Crippen LogP contribution >= 0.6 is 12.4 Å². The van der Waals surface area contributed by atoms with Gasteiger partial charge in [-0.1, -0.05) is 0 Å². The Morgan fingerprint density at radius 1 is 1.33 bits per heavy atom. The quantitative estimate of drug-likeness (QED) is 0.443. The van der Waals surface area contributed by atoms with E-state index in [4.69, 9.17) is 0 Å². The van der Waals surface area contributed by atoms with Gasteiger partial charge in [-0.2, -0.15) is 0 Å². The Kier molecular flexibility index (Phi) is 7.72. The van der Waals surface area contributed by atoms with Gasteiger partial charge in [-0.05, 0) is 33.0 Å². The third kappa shape index (κ3) is 5.20. The van der Waals surface area contributed by atoms with E-state index >= 15 is 0 Å². The van der Waals surface area contributed by atoms with Crippen molar-refractivity contribution in [2.75, 3.05) is 20.1 Å². The Morgan fingerprint density at radius 3 is 2.48 bits per heavy atom. The minimum Gasteiger partial charge on any atom is -0.320 e. The van der Waals surface area contributed by atoms with Crippen LogP contribution in [0.1, 0.15) is 12.0 Å². The molecule has 7 nitrogen and oxygen atoms in total. The topological polar surface area (TPSA) is 101 Å². The lowest BCUT2D eigenvalue weighted by Gasteiger charge is -2.08. The summed E-state index contributed by atoms with van der Waals surface area (Å²) in [6.07, 6.45) is 0.548. The van der Waals surface area contributed by atoms with Gasteiger partial charge >= 0.3 is 0 Å². The summed E-state index contributed by atoms with van der Waals surface area (Å²) in [5.74, 6) is -0.921. The normalized spacial score (nSPS) is 11.0. The van der Waals surface area contributed by atoms with Gasteiger partial charge in [0, 0.05) is 12.6 Å². The lowest BCUT2D eigenvalue weighted by Crippen LogP contribution is -2.27. The van der Waals surface area contributed by atoms with Gasteiger partial charge in [0.15, 0.2) is 0 Å². The summed E-state index contributed by atoms with van der Waals surface area (Å²) in [4.78, 5) is 9.51. The van der Waals surface area contributed by atoms with Crippen LogP contribution < -0.4 is 10.0 Å². The molecule has 0 saturated heterocycles. The Morgan fingerprint density at radius 2 is 1.95 bits per heavy atom. The third-order valence-corrected chi connectivity index (χ3v) is 4.13. The molecule has 10 heteroatoms. The minimum absolute atomic E-state index is 0. The standard InChI is InChI=1S/C11H16FN3O4S.ClH/c1-8-10(12)6-9(7-11(8)15(16)17)20(18,19)14-5-3-4-13-2;/h6-7,13-14H,3-5H2,1-2H3;1H. The fourth-order valence-electron chi connectivity index (χ4n) is 1.54. The molecule has 0 radical (unpaired) electrons. The molecule has 0 unspecified atom stereocenters. The van der Waals surface area contributed by atoms with Crippen LogP contribution in [0.2, 0.25) is 0 Å². The monoisotopic (exact) mass is 341 g/mol. The van der Waals surface area contributed by atoms with E-state index in [0.29, 0.717) is 13.0 Å². The molecule has 0 aliphatic carbocycles. The number of nitro groups is 1. The lowest BCUT2D eigenvalue weighted by atomic mass is 10.2. The molecule has 0 saturated carbocycles. The molecule has 0 amide bonds. The van der Waals surface area contributed by atoms with Crippen molar-refractivity contribution in [3.63, 3.8) is 0 Å². The van der Waals surface area contributed by atoms with E-state index in [1.165, 1.54) is 6.92 Å². The molecule has 2 N–H and O–H groups in total. The molecule has 0 aliphatic rings. The van der Waals surface area contributed by atoms with Crippen LogP contribution in [0, 0.1) is 22.9 Å². The van der Waals surface area contributed by atoms with Crippen LogP contribution in [0.5, 0.6) is 0 Å². The number of nitrogens with one attached hydrogen (secondary N) is 2. The molecule has 0 aromatic heterocycles. The first kappa shape index (κ1) is 19.7. The van der Waals surface area contributed by atoms with Crippen molar-refractivity contribution in [1.82, 2.24) is 10.0 Å². The number of sulfonamides is 1. The maximum Gasteiger partial charge on any atom is 0.276 e. The van der Waals surface area contributed by atoms with Crippen LogP contribution in [0.25, 0.3) is 0 Å². The number of nitrogens with zero attached hydrogens (tertiary/aromatic N) is 1. The van der Waals surface area contributed by atoms with Crippen molar-refractivity contribution in [3.05, 3.63) is 33.6 Å². The molecule has 1 rings (SSSR count). The van der Waals surface area contributed by atoms with Crippen molar-refractivity contribution in [1.29, 1.82) is 0 Å². The predicted octanol–water partition coefficient (Wildman–Crippen LogP) is 1.35. The molecule has 21 heavy (non-hydrogen) atoms.